The van der Waals surface area contributed by atoms with Crippen LogP contribution in [0.1, 0.15) is 33.1 Å². The van der Waals surface area contributed by atoms with Gasteiger partial charge in [-0.1, -0.05) is 13.3 Å². The number of aliphatic hydroxyl groups excluding tert-OH is 1. The Morgan fingerprint density at radius 2 is 2.14 bits per heavy atom. The van der Waals surface area contributed by atoms with Crippen molar-refractivity contribution < 1.29 is 14.6 Å². The molecule has 0 radical (unpaired) electrons. The van der Waals surface area contributed by atoms with Crippen LogP contribution in [0.15, 0.2) is 24.3 Å². The van der Waals surface area contributed by atoms with Crippen LogP contribution in [0.25, 0.3) is 0 Å². The van der Waals surface area contributed by atoms with Crippen LogP contribution in [0.4, 0.5) is 10.5 Å². The van der Waals surface area contributed by atoms with Gasteiger partial charge in [-0.15, -0.1) is 0 Å². The third-order valence-electron chi connectivity index (χ3n) is 4.17. The molecule has 2 amide bonds. The predicted octanol–water partition coefficient (Wildman–Crippen LogP) is 2.76. The molecule has 5 nitrogen and oxygen atoms in total. The second kappa shape index (κ2) is 6.80. The zero-order chi connectivity index (χ0) is 15.3. The SMILES string of the molecule is CCOc1ccc(NC(=O)NC2CCCC2(C)CO)cc1. The van der Waals surface area contributed by atoms with Crippen LogP contribution in [-0.4, -0.2) is 30.4 Å². The number of carbonyl (C=O) groups is 1. The highest BCUT2D eigenvalue weighted by Crippen LogP contribution is 2.37. The molecule has 2 unspecified atom stereocenters. The number of urea groups is 1. The van der Waals surface area contributed by atoms with Gasteiger partial charge in [0.15, 0.2) is 0 Å². The van der Waals surface area contributed by atoms with Crippen LogP contribution in [-0.2, 0) is 0 Å². The summed E-state index contributed by atoms with van der Waals surface area (Å²) >= 11 is 0. The van der Waals surface area contributed by atoms with Crippen molar-refractivity contribution in [1.29, 1.82) is 0 Å². The average Bonchev–Trinajstić information content (AvgIpc) is 2.83. The molecule has 5 heteroatoms. The first-order valence-corrected chi connectivity index (χ1v) is 7.48. The van der Waals surface area contributed by atoms with Crippen LogP contribution in [0.3, 0.4) is 0 Å². The molecule has 0 bridgehead atoms. The van der Waals surface area contributed by atoms with E-state index in [1.807, 2.05) is 38.1 Å². The number of hydrogen-bond donors (Lipinski definition) is 3. The van der Waals surface area contributed by atoms with Gasteiger partial charge >= 0.3 is 6.03 Å². The molecule has 3 N–H and O–H groups in total. The Labute approximate surface area is 125 Å². The van der Waals surface area contributed by atoms with E-state index in [0.717, 1.165) is 30.7 Å². The normalized spacial score (nSPS) is 24.6. The number of benzene rings is 1. The molecule has 0 heterocycles. The second-order valence-corrected chi connectivity index (χ2v) is 5.81. The maximum Gasteiger partial charge on any atom is 0.319 e. The summed E-state index contributed by atoms with van der Waals surface area (Å²) in [5.74, 6) is 0.784. The minimum atomic E-state index is -0.231. The Morgan fingerprint density at radius 3 is 2.76 bits per heavy atom. The first-order chi connectivity index (χ1) is 10.1. The molecule has 1 fully saturated rings. The van der Waals surface area contributed by atoms with E-state index in [2.05, 4.69) is 10.6 Å². The number of ether oxygens (including phenoxy) is 1. The van der Waals surface area contributed by atoms with Gasteiger partial charge in [-0.3, -0.25) is 0 Å². The van der Waals surface area contributed by atoms with E-state index in [0.29, 0.717) is 6.61 Å². The van der Waals surface area contributed by atoms with E-state index >= 15 is 0 Å². The fourth-order valence-corrected chi connectivity index (χ4v) is 2.79. The number of aliphatic hydroxyl groups is 1. The van der Waals surface area contributed by atoms with Crippen molar-refractivity contribution in [3.63, 3.8) is 0 Å². The average molecular weight is 292 g/mol. The first kappa shape index (κ1) is 15.6. The third kappa shape index (κ3) is 3.88. The van der Waals surface area contributed by atoms with Crippen molar-refractivity contribution in [3.05, 3.63) is 24.3 Å². The molecule has 1 aromatic rings. The van der Waals surface area contributed by atoms with Gasteiger partial charge in [0.2, 0.25) is 0 Å². The van der Waals surface area contributed by atoms with E-state index in [4.69, 9.17) is 4.74 Å². The Hall–Kier alpha value is -1.75. The van der Waals surface area contributed by atoms with E-state index in [9.17, 15) is 9.90 Å². The smallest absolute Gasteiger partial charge is 0.319 e. The number of hydrogen-bond acceptors (Lipinski definition) is 3. The summed E-state index contributed by atoms with van der Waals surface area (Å²) in [5.41, 5.74) is 0.510. The van der Waals surface area contributed by atoms with E-state index in [-0.39, 0.29) is 24.1 Å². The van der Waals surface area contributed by atoms with Crippen LogP contribution < -0.4 is 15.4 Å². The molecule has 0 saturated heterocycles. The summed E-state index contributed by atoms with van der Waals surface area (Å²) in [5, 5.41) is 15.3. The van der Waals surface area contributed by atoms with Crippen LogP contribution in [0.2, 0.25) is 0 Å². The lowest BCUT2D eigenvalue weighted by Crippen LogP contribution is -2.46. The molecule has 1 aliphatic carbocycles. The van der Waals surface area contributed by atoms with Gasteiger partial charge in [0, 0.05) is 17.1 Å². The number of nitrogens with one attached hydrogen (secondary N) is 2. The van der Waals surface area contributed by atoms with Gasteiger partial charge in [-0.05, 0) is 44.0 Å². The topological polar surface area (TPSA) is 70.6 Å². The molecular formula is C16H24N2O3. The fraction of sp³-hybridized carbons (Fsp3) is 0.562. The Kier molecular flexibility index (Phi) is 5.07. The fourth-order valence-electron chi connectivity index (χ4n) is 2.79. The minimum Gasteiger partial charge on any atom is -0.494 e. The monoisotopic (exact) mass is 292 g/mol. The number of amides is 2. The predicted molar refractivity (Wildman–Crippen MR) is 82.6 cm³/mol. The summed E-state index contributed by atoms with van der Waals surface area (Å²) in [6.45, 7) is 4.66. The first-order valence-electron chi connectivity index (χ1n) is 7.48. The zero-order valence-corrected chi connectivity index (χ0v) is 12.7. The van der Waals surface area contributed by atoms with Crippen LogP contribution >= 0.6 is 0 Å². The molecular weight excluding hydrogens is 268 g/mol. The molecule has 1 aliphatic rings. The van der Waals surface area contributed by atoms with Gasteiger partial charge in [-0.2, -0.15) is 0 Å². The van der Waals surface area contributed by atoms with Crippen molar-refractivity contribution in [2.75, 3.05) is 18.5 Å². The van der Waals surface area contributed by atoms with Crippen LogP contribution in [0.5, 0.6) is 5.75 Å². The summed E-state index contributed by atoms with van der Waals surface area (Å²) in [6.07, 6.45) is 2.89. The lowest BCUT2D eigenvalue weighted by atomic mass is 9.86. The van der Waals surface area contributed by atoms with E-state index in [1.165, 1.54) is 0 Å². The van der Waals surface area contributed by atoms with Gasteiger partial charge in [0.05, 0.1) is 13.2 Å². The Morgan fingerprint density at radius 1 is 1.43 bits per heavy atom. The highest BCUT2D eigenvalue weighted by molar-refractivity contribution is 5.89. The summed E-state index contributed by atoms with van der Waals surface area (Å²) < 4.78 is 5.36. The van der Waals surface area contributed by atoms with Gasteiger partial charge in [0.25, 0.3) is 0 Å². The number of anilines is 1. The molecule has 2 atom stereocenters. The van der Waals surface area contributed by atoms with Crippen molar-refractivity contribution in [1.82, 2.24) is 5.32 Å². The molecule has 0 aromatic heterocycles. The molecule has 1 saturated carbocycles. The molecule has 21 heavy (non-hydrogen) atoms. The van der Waals surface area contributed by atoms with Crippen molar-refractivity contribution in [2.45, 2.75) is 39.2 Å². The van der Waals surface area contributed by atoms with Crippen molar-refractivity contribution >= 4 is 11.7 Å². The lowest BCUT2D eigenvalue weighted by molar-refractivity contribution is 0.122. The summed E-state index contributed by atoms with van der Waals surface area (Å²) in [6, 6.07) is 7.06. The van der Waals surface area contributed by atoms with Gasteiger partial charge in [-0.25, -0.2) is 4.79 Å². The van der Waals surface area contributed by atoms with Gasteiger partial charge < -0.3 is 20.5 Å². The molecule has 2 rings (SSSR count). The maximum atomic E-state index is 12.0. The summed E-state index contributed by atoms with van der Waals surface area (Å²) in [4.78, 5) is 12.0. The molecule has 116 valence electrons. The number of carbonyl (C=O) groups excluding carboxylic acids is 1. The largest absolute Gasteiger partial charge is 0.494 e. The van der Waals surface area contributed by atoms with Crippen molar-refractivity contribution in [2.24, 2.45) is 5.41 Å². The highest BCUT2D eigenvalue weighted by Gasteiger charge is 2.39. The summed E-state index contributed by atoms with van der Waals surface area (Å²) in [7, 11) is 0. The van der Waals surface area contributed by atoms with Crippen LogP contribution in [0, 0.1) is 5.41 Å². The standard InChI is InChI=1S/C16H24N2O3/c1-3-21-13-8-6-12(7-9-13)17-15(20)18-14-5-4-10-16(14,2)11-19/h6-9,14,19H,3-5,10-11H2,1-2H3,(H2,17,18,20). The second-order valence-electron chi connectivity index (χ2n) is 5.81. The van der Waals surface area contributed by atoms with Crippen molar-refractivity contribution in [3.8, 4) is 5.75 Å². The quantitative estimate of drug-likeness (QED) is 0.781. The maximum absolute atomic E-state index is 12.0. The molecule has 0 aliphatic heterocycles. The Balaban J connectivity index is 1.89. The number of rotatable bonds is 5. The van der Waals surface area contributed by atoms with Gasteiger partial charge in [0.1, 0.15) is 5.75 Å². The van der Waals surface area contributed by atoms with E-state index in [1.54, 1.807) is 0 Å². The molecule has 1 aromatic carbocycles. The highest BCUT2D eigenvalue weighted by atomic mass is 16.5. The minimum absolute atomic E-state index is 0.0187. The van der Waals surface area contributed by atoms with E-state index < -0.39 is 0 Å². The zero-order valence-electron chi connectivity index (χ0n) is 12.7. The molecule has 0 spiro atoms. The third-order valence-corrected chi connectivity index (χ3v) is 4.17. The Bertz CT molecular complexity index is 475. The lowest BCUT2D eigenvalue weighted by Gasteiger charge is -2.30.